The fourth-order valence-electron chi connectivity index (χ4n) is 3.28. The fourth-order valence-corrected chi connectivity index (χ4v) is 4.60. The van der Waals surface area contributed by atoms with E-state index in [0.29, 0.717) is 11.3 Å². The zero-order valence-corrected chi connectivity index (χ0v) is 14.3. The molecule has 0 fully saturated rings. The minimum absolute atomic E-state index is 0.0580. The maximum atomic E-state index is 12.8. The first-order valence-electron chi connectivity index (χ1n) is 6.90. The molecule has 0 aromatic heterocycles. The summed E-state index contributed by atoms with van der Waals surface area (Å²) < 4.78 is 7.88. The predicted octanol–water partition coefficient (Wildman–Crippen LogP) is 4.57. The third-order valence-electron chi connectivity index (χ3n) is 4.31. The van der Waals surface area contributed by atoms with Crippen LogP contribution in [0.1, 0.15) is 21.5 Å². The molecule has 1 aliphatic heterocycles. The Morgan fingerprint density at radius 3 is 2.52 bits per heavy atom. The number of Topliss-reactive ketones (excluding diaryl/α,β-unsaturated/α-hetero) is 1. The topological polar surface area (TPSA) is 26.3 Å². The number of benzene rings is 2. The van der Waals surface area contributed by atoms with Crippen LogP contribution in [0.25, 0.3) is 0 Å². The fraction of sp³-hybridized carbons (Fsp3) is 0.235. The van der Waals surface area contributed by atoms with Crippen molar-refractivity contribution < 1.29 is 9.53 Å². The molecular weight excluding hydrogens is 396 g/mol. The summed E-state index contributed by atoms with van der Waals surface area (Å²) in [7, 11) is 0. The van der Waals surface area contributed by atoms with E-state index in [0.717, 1.165) is 21.8 Å². The molecule has 21 heavy (non-hydrogen) atoms. The second-order valence-corrected chi connectivity index (χ2v) is 7.34. The Bertz CT molecular complexity index is 754. The molecule has 4 rings (SSSR count). The summed E-state index contributed by atoms with van der Waals surface area (Å²) >= 11 is 6.95. The van der Waals surface area contributed by atoms with Crippen LogP contribution in [0.5, 0.6) is 5.75 Å². The first-order valence-corrected chi connectivity index (χ1v) is 8.49. The Morgan fingerprint density at radius 1 is 1.05 bits per heavy atom. The van der Waals surface area contributed by atoms with E-state index in [1.807, 2.05) is 24.3 Å². The Hall–Kier alpha value is -1.13. The third kappa shape index (κ3) is 2.16. The molecule has 0 amide bonds. The van der Waals surface area contributed by atoms with Gasteiger partial charge in [-0.1, -0.05) is 40.2 Å². The molecule has 0 N–H and O–H groups in total. The van der Waals surface area contributed by atoms with Gasteiger partial charge in [0, 0.05) is 10.9 Å². The van der Waals surface area contributed by atoms with Crippen LogP contribution in [0.4, 0.5) is 0 Å². The van der Waals surface area contributed by atoms with Gasteiger partial charge in [0.25, 0.3) is 0 Å². The molecule has 1 heterocycles. The van der Waals surface area contributed by atoms with Crippen molar-refractivity contribution in [3.05, 3.63) is 62.0 Å². The molecule has 2 aliphatic rings. The van der Waals surface area contributed by atoms with Crippen molar-refractivity contribution in [3.63, 3.8) is 0 Å². The normalized spacial score (nSPS) is 22.9. The number of fused-ring (bicyclic) bond motifs is 3. The standard InChI is InChI=1S/C17H12Br2O2/c18-11-7-13-16(20)12-5-9-3-1-2-4-10(9)6-15(12)21-17(13)14(19)8-11/h1-4,7-8,12,15H,5-6H2/t12-,15+/m0/s1. The van der Waals surface area contributed by atoms with E-state index in [1.165, 1.54) is 11.1 Å². The lowest BCUT2D eigenvalue weighted by atomic mass is 9.76. The molecular formula is C17H12Br2O2. The summed E-state index contributed by atoms with van der Waals surface area (Å²) in [6.07, 6.45) is 1.51. The first-order chi connectivity index (χ1) is 10.1. The highest BCUT2D eigenvalue weighted by molar-refractivity contribution is 9.11. The molecule has 0 bridgehead atoms. The molecule has 0 radical (unpaired) electrons. The summed E-state index contributed by atoms with van der Waals surface area (Å²) in [5.41, 5.74) is 3.24. The molecule has 2 aromatic carbocycles. The number of ketones is 1. The first kappa shape index (κ1) is 13.5. The van der Waals surface area contributed by atoms with Gasteiger partial charge in [0.2, 0.25) is 0 Å². The van der Waals surface area contributed by atoms with Crippen molar-refractivity contribution in [3.8, 4) is 5.75 Å². The number of carbonyl (C=O) groups is 1. The van der Waals surface area contributed by atoms with Gasteiger partial charge in [0.15, 0.2) is 5.78 Å². The van der Waals surface area contributed by atoms with Gasteiger partial charge in [0.1, 0.15) is 11.9 Å². The van der Waals surface area contributed by atoms with Crippen molar-refractivity contribution in [2.75, 3.05) is 0 Å². The molecule has 0 spiro atoms. The molecule has 2 atom stereocenters. The van der Waals surface area contributed by atoms with Gasteiger partial charge in [-0.05, 0) is 45.6 Å². The second-order valence-electron chi connectivity index (χ2n) is 5.57. The van der Waals surface area contributed by atoms with Gasteiger partial charge in [-0.3, -0.25) is 4.79 Å². The highest BCUT2D eigenvalue weighted by Gasteiger charge is 2.41. The van der Waals surface area contributed by atoms with E-state index in [-0.39, 0.29) is 17.8 Å². The quantitative estimate of drug-likeness (QED) is 0.639. The number of ether oxygens (including phenoxy) is 1. The zero-order chi connectivity index (χ0) is 14.6. The summed E-state index contributed by atoms with van der Waals surface area (Å²) in [6.45, 7) is 0. The molecule has 2 aromatic rings. The number of carbonyl (C=O) groups excluding carboxylic acids is 1. The van der Waals surface area contributed by atoms with E-state index in [9.17, 15) is 4.79 Å². The number of hydrogen-bond donors (Lipinski definition) is 0. The van der Waals surface area contributed by atoms with Crippen LogP contribution in [-0.4, -0.2) is 11.9 Å². The highest BCUT2D eigenvalue weighted by Crippen LogP contribution is 2.42. The van der Waals surface area contributed by atoms with Crippen LogP contribution in [0.2, 0.25) is 0 Å². The molecule has 0 unspecified atom stereocenters. The third-order valence-corrected chi connectivity index (χ3v) is 5.35. The molecule has 0 saturated heterocycles. The highest BCUT2D eigenvalue weighted by atomic mass is 79.9. The van der Waals surface area contributed by atoms with Gasteiger partial charge in [-0.25, -0.2) is 0 Å². The Balaban J connectivity index is 1.80. The molecule has 106 valence electrons. The monoisotopic (exact) mass is 406 g/mol. The average Bonchev–Trinajstić information content (AvgIpc) is 2.47. The lowest BCUT2D eigenvalue weighted by Gasteiger charge is -2.37. The van der Waals surface area contributed by atoms with Crippen molar-refractivity contribution in [2.45, 2.75) is 18.9 Å². The Kier molecular flexibility index (Phi) is 3.19. The predicted molar refractivity (Wildman–Crippen MR) is 87.9 cm³/mol. The number of hydrogen-bond acceptors (Lipinski definition) is 2. The SMILES string of the molecule is O=C1c2cc(Br)cc(Br)c2O[C@@H]2Cc3ccccc3C[C@H]12. The van der Waals surface area contributed by atoms with Crippen molar-refractivity contribution >= 4 is 37.6 Å². The molecule has 0 saturated carbocycles. The molecule has 2 nitrogen and oxygen atoms in total. The van der Waals surface area contributed by atoms with Gasteiger partial charge in [-0.2, -0.15) is 0 Å². The molecule has 1 aliphatic carbocycles. The van der Waals surface area contributed by atoms with Gasteiger partial charge >= 0.3 is 0 Å². The van der Waals surface area contributed by atoms with Crippen LogP contribution in [0.3, 0.4) is 0 Å². The minimum Gasteiger partial charge on any atom is -0.487 e. The van der Waals surface area contributed by atoms with Crippen LogP contribution in [-0.2, 0) is 12.8 Å². The maximum absolute atomic E-state index is 12.8. The van der Waals surface area contributed by atoms with E-state index in [2.05, 4.69) is 44.0 Å². The van der Waals surface area contributed by atoms with Crippen LogP contribution in [0.15, 0.2) is 45.3 Å². The molecule has 4 heteroatoms. The second kappa shape index (κ2) is 4.96. The summed E-state index contributed by atoms with van der Waals surface area (Å²) in [6, 6.07) is 12.1. The van der Waals surface area contributed by atoms with Crippen LogP contribution in [0, 0.1) is 5.92 Å². The minimum atomic E-state index is -0.0754. The van der Waals surface area contributed by atoms with Gasteiger partial charge < -0.3 is 4.74 Å². The van der Waals surface area contributed by atoms with Crippen molar-refractivity contribution in [1.82, 2.24) is 0 Å². The summed E-state index contributed by atoms with van der Waals surface area (Å²) in [5, 5.41) is 0. The lowest BCUT2D eigenvalue weighted by molar-refractivity contribution is 0.0631. The number of halogens is 2. The summed E-state index contributed by atoms with van der Waals surface area (Å²) in [5.74, 6) is 0.801. The van der Waals surface area contributed by atoms with Gasteiger partial charge in [-0.15, -0.1) is 0 Å². The number of rotatable bonds is 0. The smallest absolute Gasteiger partial charge is 0.173 e. The van der Waals surface area contributed by atoms with Gasteiger partial charge in [0.05, 0.1) is 16.0 Å². The Morgan fingerprint density at radius 2 is 1.76 bits per heavy atom. The van der Waals surface area contributed by atoms with E-state index in [4.69, 9.17) is 4.74 Å². The average molecular weight is 408 g/mol. The summed E-state index contributed by atoms with van der Waals surface area (Å²) in [4.78, 5) is 12.8. The van der Waals surface area contributed by atoms with Crippen LogP contribution < -0.4 is 4.74 Å². The van der Waals surface area contributed by atoms with E-state index in [1.54, 1.807) is 0 Å². The van der Waals surface area contributed by atoms with Crippen molar-refractivity contribution in [2.24, 2.45) is 5.92 Å². The van der Waals surface area contributed by atoms with E-state index >= 15 is 0 Å². The van der Waals surface area contributed by atoms with Crippen LogP contribution >= 0.6 is 31.9 Å². The Labute approximate surface area is 139 Å². The van der Waals surface area contributed by atoms with E-state index < -0.39 is 0 Å². The largest absolute Gasteiger partial charge is 0.487 e. The lowest BCUT2D eigenvalue weighted by Crippen LogP contribution is -2.43. The maximum Gasteiger partial charge on any atom is 0.173 e. The van der Waals surface area contributed by atoms with Crippen molar-refractivity contribution in [1.29, 1.82) is 0 Å². The zero-order valence-electron chi connectivity index (χ0n) is 11.1.